The molecule has 0 spiro atoms. The zero-order chi connectivity index (χ0) is 12.4. The molecule has 1 aromatic rings. The summed E-state index contributed by atoms with van der Waals surface area (Å²) < 4.78 is 5.15. The fourth-order valence-electron chi connectivity index (χ4n) is 1.88. The van der Waals surface area contributed by atoms with E-state index >= 15 is 0 Å². The molecule has 17 heavy (non-hydrogen) atoms. The molecule has 1 aromatic heterocycles. The molecule has 0 fully saturated rings. The number of fused-ring (bicyclic) bond motifs is 1. The van der Waals surface area contributed by atoms with Crippen LogP contribution in [0.5, 0.6) is 5.88 Å². The first-order valence-electron chi connectivity index (χ1n) is 5.59. The number of methoxy groups -OCH3 is 1. The van der Waals surface area contributed by atoms with Crippen LogP contribution in [0.25, 0.3) is 0 Å². The second-order valence-corrected chi connectivity index (χ2v) is 4.17. The maximum Gasteiger partial charge on any atom is 0.242 e. The minimum Gasteiger partial charge on any atom is -0.479 e. The molecule has 0 saturated carbocycles. The fraction of sp³-hybridized carbons (Fsp3) is 0.545. The molecular formula is C11H16N4O2. The first-order valence-corrected chi connectivity index (χ1v) is 5.59. The summed E-state index contributed by atoms with van der Waals surface area (Å²) in [6.07, 6.45) is 1.89. The molecule has 6 heteroatoms. The lowest BCUT2D eigenvalue weighted by molar-refractivity contribution is -0.116. The second-order valence-electron chi connectivity index (χ2n) is 4.17. The number of anilines is 2. The van der Waals surface area contributed by atoms with Crippen molar-refractivity contribution in [1.82, 2.24) is 9.97 Å². The maximum atomic E-state index is 11.6. The smallest absolute Gasteiger partial charge is 0.242 e. The van der Waals surface area contributed by atoms with E-state index < -0.39 is 0 Å². The fourth-order valence-corrected chi connectivity index (χ4v) is 1.88. The highest BCUT2D eigenvalue weighted by molar-refractivity contribution is 5.97. The topological polar surface area (TPSA) is 67.4 Å². The number of carbonyl (C=O) groups excluding carboxylic acids is 1. The van der Waals surface area contributed by atoms with Gasteiger partial charge in [-0.05, 0) is 13.8 Å². The number of rotatable bonds is 2. The molecule has 1 N–H and O–H groups in total. The Morgan fingerprint density at radius 2 is 2.24 bits per heavy atom. The van der Waals surface area contributed by atoms with Gasteiger partial charge >= 0.3 is 0 Å². The van der Waals surface area contributed by atoms with Gasteiger partial charge in [0.1, 0.15) is 12.0 Å². The van der Waals surface area contributed by atoms with E-state index in [1.807, 2.05) is 0 Å². The van der Waals surface area contributed by atoms with Gasteiger partial charge in [0.2, 0.25) is 11.8 Å². The van der Waals surface area contributed by atoms with Crippen molar-refractivity contribution in [2.75, 3.05) is 23.9 Å². The van der Waals surface area contributed by atoms with Crippen LogP contribution in [0.3, 0.4) is 0 Å². The molecule has 0 aliphatic carbocycles. The summed E-state index contributed by atoms with van der Waals surface area (Å²) in [5.41, 5.74) is 0.561. The molecule has 1 aliphatic heterocycles. The summed E-state index contributed by atoms with van der Waals surface area (Å²) in [7, 11) is 1.53. The molecule has 1 amide bonds. The Balaban J connectivity index is 2.51. The molecule has 2 heterocycles. The normalized spacial score (nSPS) is 15.3. The number of carbonyl (C=O) groups is 1. The van der Waals surface area contributed by atoms with Crippen LogP contribution >= 0.6 is 0 Å². The first kappa shape index (κ1) is 11.6. The van der Waals surface area contributed by atoms with Gasteiger partial charge in [-0.15, -0.1) is 0 Å². The van der Waals surface area contributed by atoms with Crippen LogP contribution in [0.2, 0.25) is 0 Å². The molecule has 0 saturated heterocycles. The van der Waals surface area contributed by atoms with Gasteiger partial charge < -0.3 is 15.0 Å². The van der Waals surface area contributed by atoms with Gasteiger partial charge in [-0.2, -0.15) is 4.98 Å². The molecule has 0 bridgehead atoms. The van der Waals surface area contributed by atoms with Crippen molar-refractivity contribution in [3.8, 4) is 5.88 Å². The summed E-state index contributed by atoms with van der Waals surface area (Å²) in [4.78, 5) is 22.0. The number of nitrogens with one attached hydrogen (secondary N) is 1. The van der Waals surface area contributed by atoms with Gasteiger partial charge in [0, 0.05) is 19.0 Å². The molecule has 0 unspecified atom stereocenters. The molecule has 0 radical (unpaired) electrons. The van der Waals surface area contributed by atoms with Crippen molar-refractivity contribution in [2.24, 2.45) is 0 Å². The van der Waals surface area contributed by atoms with Crippen molar-refractivity contribution in [3.63, 3.8) is 0 Å². The van der Waals surface area contributed by atoms with Gasteiger partial charge in [-0.25, -0.2) is 4.98 Å². The Kier molecular flexibility index (Phi) is 3.12. The maximum absolute atomic E-state index is 11.6. The Bertz CT molecular complexity index is 433. The number of ether oxygens (including phenoxy) is 1. The Labute approximate surface area is 100 Å². The van der Waals surface area contributed by atoms with Gasteiger partial charge in [0.05, 0.1) is 7.11 Å². The van der Waals surface area contributed by atoms with E-state index in [0.29, 0.717) is 24.5 Å². The summed E-state index contributed by atoms with van der Waals surface area (Å²) in [5.74, 6) is 1.08. The van der Waals surface area contributed by atoms with Gasteiger partial charge in [0.15, 0.2) is 5.82 Å². The third-order valence-electron chi connectivity index (χ3n) is 2.73. The minimum absolute atomic E-state index is 0.0394. The van der Waals surface area contributed by atoms with E-state index in [4.69, 9.17) is 4.74 Å². The Morgan fingerprint density at radius 1 is 1.47 bits per heavy atom. The molecule has 6 nitrogen and oxygen atoms in total. The van der Waals surface area contributed by atoms with Crippen LogP contribution in [0, 0.1) is 0 Å². The quantitative estimate of drug-likeness (QED) is 0.831. The molecule has 1 aliphatic rings. The van der Waals surface area contributed by atoms with Crippen molar-refractivity contribution < 1.29 is 9.53 Å². The van der Waals surface area contributed by atoms with Gasteiger partial charge in [-0.3, -0.25) is 4.79 Å². The SMILES string of the molecule is COc1ncnc2c1NC(=O)CCN2C(C)C. The van der Waals surface area contributed by atoms with Crippen molar-refractivity contribution in [3.05, 3.63) is 6.33 Å². The predicted octanol–water partition coefficient (Wildman–Crippen LogP) is 1.04. The largest absolute Gasteiger partial charge is 0.479 e. The summed E-state index contributed by atoms with van der Waals surface area (Å²) in [6.45, 7) is 4.78. The number of amides is 1. The van der Waals surface area contributed by atoms with Crippen LogP contribution in [0.15, 0.2) is 6.33 Å². The van der Waals surface area contributed by atoms with Crippen LogP contribution in [-0.2, 0) is 4.79 Å². The first-order chi connectivity index (χ1) is 8.13. The lowest BCUT2D eigenvalue weighted by atomic mass is 10.3. The standard InChI is InChI=1S/C11H16N4O2/c1-7(2)15-5-4-8(16)14-9-10(15)12-6-13-11(9)17-3/h6-7H,4-5H2,1-3H3,(H,14,16). The third kappa shape index (κ3) is 2.15. The lowest BCUT2D eigenvalue weighted by Gasteiger charge is -2.26. The average Bonchev–Trinajstić information content (AvgIpc) is 2.46. The predicted molar refractivity (Wildman–Crippen MR) is 64.3 cm³/mol. The number of aromatic nitrogens is 2. The van der Waals surface area contributed by atoms with Gasteiger partial charge in [0.25, 0.3) is 0 Å². The molecule has 2 rings (SSSR count). The van der Waals surface area contributed by atoms with E-state index in [1.54, 1.807) is 0 Å². The Morgan fingerprint density at radius 3 is 2.88 bits per heavy atom. The van der Waals surface area contributed by atoms with Crippen LogP contribution < -0.4 is 15.0 Å². The van der Waals surface area contributed by atoms with Crippen LogP contribution in [-0.4, -0.2) is 35.6 Å². The molecule has 0 atom stereocenters. The summed E-state index contributed by atoms with van der Waals surface area (Å²) >= 11 is 0. The molecular weight excluding hydrogens is 220 g/mol. The van der Waals surface area contributed by atoms with Crippen molar-refractivity contribution in [2.45, 2.75) is 26.3 Å². The third-order valence-corrected chi connectivity index (χ3v) is 2.73. The Hall–Kier alpha value is -1.85. The zero-order valence-corrected chi connectivity index (χ0v) is 10.2. The molecule has 0 aromatic carbocycles. The van der Waals surface area contributed by atoms with Crippen LogP contribution in [0.1, 0.15) is 20.3 Å². The van der Waals surface area contributed by atoms with E-state index in [-0.39, 0.29) is 11.9 Å². The molecule has 92 valence electrons. The summed E-state index contributed by atoms with van der Waals surface area (Å²) in [5, 5.41) is 2.80. The minimum atomic E-state index is -0.0394. The highest BCUT2D eigenvalue weighted by Gasteiger charge is 2.25. The number of hydrogen-bond donors (Lipinski definition) is 1. The van der Waals surface area contributed by atoms with E-state index in [2.05, 4.69) is 34.0 Å². The van der Waals surface area contributed by atoms with E-state index in [1.165, 1.54) is 13.4 Å². The average molecular weight is 236 g/mol. The zero-order valence-electron chi connectivity index (χ0n) is 10.2. The number of nitrogens with zero attached hydrogens (tertiary/aromatic N) is 3. The van der Waals surface area contributed by atoms with Crippen molar-refractivity contribution >= 4 is 17.4 Å². The van der Waals surface area contributed by atoms with Gasteiger partial charge in [-0.1, -0.05) is 0 Å². The van der Waals surface area contributed by atoms with E-state index in [9.17, 15) is 4.79 Å². The highest BCUT2D eigenvalue weighted by atomic mass is 16.5. The summed E-state index contributed by atoms with van der Waals surface area (Å²) in [6, 6.07) is 0.265. The second kappa shape index (κ2) is 4.57. The lowest BCUT2D eigenvalue weighted by Crippen LogP contribution is -2.32. The highest BCUT2D eigenvalue weighted by Crippen LogP contribution is 2.33. The monoisotopic (exact) mass is 236 g/mol. The van der Waals surface area contributed by atoms with Crippen molar-refractivity contribution in [1.29, 1.82) is 0 Å². The number of hydrogen-bond acceptors (Lipinski definition) is 5. The van der Waals surface area contributed by atoms with E-state index in [0.717, 1.165) is 5.82 Å². The van der Waals surface area contributed by atoms with Crippen LogP contribution in [0.4, 0.5) is 11.5 Å².